The fourth-order valence-corrected chi connectivity index (χ4v) is 2.84. The maximum absolute atomic E-state index is 6.16. The predicted octanol–water partition coefficient (Wildman–Crippen LogP) is 3.68. The van der Waals surface area contributed by atoms with Gasteiger partial charge in [-0.05, 0) is 61.1 Å². The molecule has 0 spiro atoms. The van der Waals surface area contributed by atoms with Crippen LogP contribution in [-0.2, 0) is 12.8 Å². The van der Waals surface area contributed by atoms with Crippen molar-refractivity contribution in [3.63, 3.8) is 0 Å². The number of benzene rings is 1. The fourth-order valence-electron chi connectivity index (χ4n) is 2.59. The van der Waals surface area contributed by atoms with Crippen LogP contribution in [0.3, 0.4) is 0 Å². The van der Waals surface area contributed by atoms with E-state index >= 15 is 0 Å². The molecule has 4 heteroatoms. The number of nitrogens with zero attached hydrogens (tertiary/aromatic N) is 2. The van der Waals surface area contributed by atoms with Crippen molar-refractivity contribution in [1.29, 1.82) is 0 Å². The largest absolute Gasteiger partial charge is 0.497 e. The molecule has 0 saturated carbocycles. The lowest BCUT2D eigenvalue weighted by atomic mass is 9.90. The van der Waals surface area contributed by atoms with Gasteiger partial charge in [-0.15, -0.1) is 10.2 Å². The van der Waals surface area contributed by atoms with Gasteiger partial charge in [0.15, 0.2) is 5.15 Å². The van der Waals surface area contributed by atoms with Crippen molar-refractivity contribution in [3.8, 4) is 17.0 Å². The molecule has 0 saturated heterocycles. The zero-order valence-electron chi connectivity index (χ0n) is 10.8. The van der Waals surface area contributed by atoms with Crippen LogP contribution in [-0.4, -0.2) is 17.3 Å². The molecule has 0 bridgehead atoms. The monoisotopic (exact) mass is 274 g/mol. The van der Waals surface area contributed by atoms with Crippen molar-refractivity contribution in [2.24, 2.45) is 0 Å². The molecule has 1 aliphatic rings. The molecule has 0 aliphatic heterocycles. The first-order valence-electron chi connectivity index (χ1n) is 6.48. The number of ether oxygens (including phenoxy) is 1. The third kappa shape index (κ3) is 2.30. The minimum atomic E-state index is 0.562. The predicted molar refractivity (Wildman–Crippen MR) is 75.7 cm³/mol. The quantitative estimate of drug-likeness (QED) is 0.838. The molecule has 1 aromatic heterocycles. The summed E-state index contributed by atoms with van der Waals surface area (Å²) in [6.07, 6.45) is 4.41. The first kappa shape index (κ1) is 12.4. The lowest BCUT2D eigenvalue weighted by Crippen LogP contribution is -2.08. The van der Waals surface area contributed by atoms with Crippen LogP contribution in [0.2, 0.25) is 5.15 Å². The Labute approximate surface area is 117 Å². The molecule has 0 amide bonds. The van der Waals surface area contributed by atoms with E-state index in [1.807, 2.05) is 24.3 Å². The smallest absolute Gasteiger partial charge is 0.155 e. The minimum Gasteiger partial charge on any atom is -0.497 e. The number of rotatable bonds is 2. The Morgan fingerprint density at radius 2 is 1.68 bits per heavy atom. The summed E-state index contributed by atoms with van der Waals surface area (Å²) in [7, 11) is 1.67. The Morgan fingerprint density at radius 1 is 1.00 bits per heavy atom. The van der Waals surface area contributed by atoms with E-state index in [0.29, 0.717) is 5.15 Å². The molecule has 2 aromatic rings. The Bertz CT molecular complexity index is 596. The minimum absolute atomic E-state index is 0.562. The van der Waals surface area contributed by atoms with Crippen LogP contribution in [0.4, 0.5) is 0 Å². The van der Waals surface area contributed by atoms with Crippen LogP contribution in [0, 0.1) is 0 Å². The average molecular weight is 275 g/mol. The van der Waals surface area contributed by atoms with Crippen LogP contribution in [0.5, 0.6) is 5.75 Å². The maximum atomic E-state index is 6.16. The topological polar surface area (TPSA) is 35.0 Å². The Kier molecular flexibility index (Phi) is 3.38. The summed E-state index contributed by atoms with van der Waals surface area (Å²) in [6, 6.07) is 7.93. The molecule has 0 N–H and O–H groups in total. The van der Waals surface area contributed by atoms with Gasteiger partial charge in [0.1, 0.15) is 5.75 Å². The molecule has 1 aromatic carbocycles. The Balaban J connectivity index is 2.09. The van der Waals surface area contributed by atoms with Crippen molar-refractivity contribution in [1.82, 2.24) is 10.2 Å². The summed E-state index contributed by atoms with van der Waals surface area (Å²) in [5.41, 5.74) is 4.47. The number of fused-ring (bicyclic) bond motifs is 1. The van der Waals surface area contributed by atoms with Gasteiger partial charge in [0, 0.05) is 5.56 Å². The first-order valence-corrected chi connectivity index (χ1v) is 6.86. The average Bonchev–Trinajstić information content (AvgIpc) is 2.48. The molecule has 19 heavy (non-hydrogen) atoms. The molecule has 0 unspecified atom stereocenters. The van der Waals surface area contributed by atoms with E-state index in [1.54, 1.807) is 7.11 Å². The van der Waals surface area contributed by atoms with Crippen molar-refractivity contribution in [3.05, 3.63) is 40.5 Å². The van der Waals surface area contributed by atoms with Crippen molar-refractivity contribution < 1.29 is 4.74 Å². The molecule has 3 nitrogen and oxygen atoms in total. The third-order valence-electron chi connectivity index (χ3n) is 3.60. The Morgan fingerprint density at radius 3 is 2.37 bits per heavy atom. The normalized spacial score (nSPS) is 14.0. The van der Waals surface area contributed by atoms with Gasteiger partial charge in [-0.3, -0.25) is 0 Å². The number of hydrogen-bond acceptors (Lipinski definition) is 3. The van der Waals surface area contributed by atoms with Crippen LogP contribution in [0.15, 0.2) is 24.3 Å². The van der Waals surface area contributed by atoms with Gasteiger partial charge in [0.05, 0.1) is 12.8 Å². The second-order valence-electron chi connectivity index (χ2n) is 4.73. The highest BCUT2D eigenvalue weighted by Gasteiger charge is 2.19. The molecule has 1 heterocycles. The summed E-state index contributed by atoms with van der Waals surface area (Å²) >= 11 is 6.16. The number of halogens is 1. The van der Waals surface area contributed by atoms with E-state index in [-0.39, 0.29) is 0 Å². The van der Waals surface area contributed by atoms with Crippen LogP contribution in [0.1, 0.15) is 24.0 Å². The summed E-state index contributed by atoms with van der Waals surface area (Å²) in [5.74, 6) is 0.847. The highest BCUT2D eigenvalue weighted by atomic mass is 35.5. The summed E-state index contributed by atoms with van der Waals surface area (Å²) in [4.78, 5) is 0. The third-order valence-corrected chi connectivity index (χ3v) is 3.91. The van der Waals surface area contributed by atoms with Gasteiger partial charge in [-0.25, -0.2) is 0 Å². The van der Waals surface area contributed by atoms with Gasteiger partial charge < -0.3 is 4.74 Å². The molecule has 0 atom stereocenters. The van der Waals surface area contributed by atoms with E-state index in [2.05, 4.69) is 10.2 Å². The van der Waals surface area contributed by atoms with E-state index in [1.165, 1.54) is 24.0 Å². The fraction of sp³-hybridized carbons (Fsp3) is 0.333. The van der Waals surface area contributed by atoms with Crippen molar-refractivity contribution >= 4 is 11.6 Å². The van der Waals surface area contributed by atoms with Crippen molar-refractivity contribution in [2.75, 3.05) is 7.11 Å². The zero-order valence-corrected chi connectivity index (χ0v) is 11.6. The highest BCUT2D eigenvalue weighted by molar-refractivity contribution is 6.30. The van der Waals surface area contributed by atoms with Gasteiger partial charge in [-0.1, -0.05) is 11.6 Å². The summed E-state index contributed by atoms with van der Waals surface area (Å²) < 4.78 is 5.18. The SMILES string of the molecule is COc1ccc(-c2nnc(Cl)c3c2CCCC3)cc1. The van der Waals surface area contributed by atoms with E-state index in [0.717, 1.165) is 29.8 Å². The molecule has 1 aliphatic carbocycles. The van der Waals surface area contributed by atoms with Gasteiger partial charge in [-0.2, -0.15) is 0 Å². The maximum Gasteiger partial charge on any atom is 0.155 e. The van der Waals surface area contributed by atoms with Crippen molar-refractivity contribution in [2.45, 2.75) is 25.7 Å². The second kappa shape index (κ2) is 5.17. The zero-order chi connectivity index (χ0) is 13.2. The first-order chi connectivity index (χ1) is 9.29. The van der Waals surface area contributed by atoms with E-state index in [4.69, 9.17) is 16.3 Å². The molecule has 98 valence electrons. The summed E-state index contributed by atoms with van der Waals surface area (Å²) in [5, 5.41) is 8.95. The summed E-state index contributed by atoms with van der Waals surface area (Å²) in [6.45, 7) is 0. The molecule has 0 fully saturated rings. The Hall–Kier alpha value is -1.61. The van der Waals surface area contributed by atoms with Gasteiger partial charge >= 0.3 is 0 Å². The number of hydrogen-bond donors (Lipinski definition) is 0. The lowest BCUT2D eigenvalue weighted by molar-refractivity contribution is 0.415. The molecule has 3 rings (SSSR count). The molecule has 0 radical (unpaired) electrons. The number of methoxy groups -OCH3 is 1. The molecular weight excluding hydrogens is 260 g/mol. The van der Waals surface area contributed by atoms with Crippen LogP contribution < -0.4 is 4.74 Å². The number of aromatic nitrogens is 2. The van der Waals surface area contributed by atoms with E-state index in [9.17, 15) is 0 Å². The van der Waals surface area contributed by atoms with E-state index < -0.39 is 0 Å². The molecular formula is C15H15ClN2O. The highest BCUT2D eigenvalue weighted by Crippen LogP contribution is 2.33. The lowest BCUT2D eigenvalue weighted by Gasteiger charge is -2.19. The van der Waals surface area contributed by atoms with Gasteiger partial charge in [0.2, 0.25) is 0 Å². The second-order valence-corrected chi connectivity index (χ2v) is 5.09. The van der Waals surface area contributed by atoms with Gasteiger partial charge in [0.25, 0.3) is 0 Å². The van der Waals surface area contributed by atoms with Crippen LogP contribution in [0.25, 0.3) is 11.3 Å². The standard InChI is InChI=1S/C15H15ClN2O/c1-19-11-8-6-10(7-9-11)14-12-4-2-3-5-13(12)15(16)18-17-14/h6-9H,2-5H2,1H3. The van der Waals surface area contributed by atoms with Crippen LogP contribution >= 0.6 is 11.6 Å².